The highest BCUT2D eigenvalue weighted by molar-refractivity contribution is 7.98. The largest absolute Gasteiger partial charge is 0.363 e. The highest BCUT2D eigenvalue weighted by Crippen LogP contribution is 2.16. The normalized spacial score (nSPS) is 10.2. The Labute approximate surface area is 123 Å². The van der Waals surface area contributed by atoms with E-state index in [0.717, 1.165) is 10.7 Å². The fraction of sp³-hybridized carbons (Fsp3) is 0.200. The van der Waals surface area contributed by atoms with Gasteiger partial charge in [0.2, 0.25) is 0 Å². The maximum absolute atomic E-state index is 12.1. The molecule has 0 bridgehead atoms. The molecule has 1 aromatic heterocycles. The van der Waals surface area contributed by atoms with Gasteiger partial charge in [-0.05, 0) is 42.7 Å². The smallest absolute Gasteiger partial charge is 0.255 e. The summed E-state index contributed by atoms with van der Waals surface area (Å²) < 4.78 is 0. The molecule has 0 radical (unpaired) electrons. The number of pyridine rings is 1. The molecular weight excluding hydrogens is 270 g/mol. The Hall–Kier alpha value is -2.01. The molecule has 0 spiro atoms. The van der Waals surface area contributed by atoms with Gasteiger partial charge in [0, 0.05) is 24.6 Å². The highest BCUT2D eigenvalue weighted by atomic mass is 32.2. The van der Waals surface area contributed by atoms with Gasteiger partial charge in [-0.25, -0.2) is 4.98 Å². The van der Waals surface area contributed by atoms with E-state index in [1.165, 1.54) is 0 Å². The molecule has 1 aromatic carbocycles. The van der Waals surface area contributed by atoms with Crippen LogP contribution >= 0.6 is 11.8 Å². The maximum Gasteiger partial charge on any atom is 0.255 e. The summed E-state index contributed by atoms with van der Waals surface area (Å²) in [6.45, 7) is 0. The van der Waals surface area contributed by atoms with Crippen molar-refractivity contribution in [2.75, 3.05) is 30.6 Å². The van der Waals surface area contributed by atoms with Gasteiger partial charge < -0.3 is 10.2 Å². The number of hydrogen-bond acceptors (Lipinski definition) is 4. The first kappa shape index (κ1) is 14.4. The van der Waals surface area contributed by atoms with Gasteiger partial charge in [0.25, 0.3) is 5.91 Å². The molecule has 0 saturated carbocycles. The van der Waals surface area contributed by atoms with Crippen molar-refractivity contribution in [3.05, 3.63) is 48.2 Å². The summed E-state index contributed by atoms with van der Waals surface area (Å²) in [5, 5.41) is 2.84. The lowest BCUT2D eigenvalue weighted by molar-refractivity contribution is 0.102. The number of aromatic nitrogens is 1. The van der Waals surface area contributed by atoms with Gasteiger partial charge in [0.05, 0.1) is 11.9 Å². The van der Waals surface area contributed by atoms with Crippen LogP contribution in [0.25, 0.3) is 0 Å². The first-order valence-corrected chi connectivity index (χ1v) is 7.41. The van der Waals surface area contributed by atoms with Gasteiger partial charge in [-0.15, -0.1) is 11.8 Å². The summed E-state index contributed by atoms with van der Waals surface area (Å²) in [4.78, 5) is 19.4. The van der Waals surface area contributed by atoms with Crippen LogP contribution in [-0.2, 0) is 0 Å². The molecule has 1 amide bonds. The van der Waals surface area contributed by atoms with Crippen LogP contribution in [0.3, 0.4) is 0 Å². The van der Waals surface area contributed by atoms with E-state index >= 15 is 0 Å². The number of carbonyl (C=O) groups excluding carboxylic acids is 1. The standard InChI is InChI=1S/C15H17N3OS/c1-18(2)14-9-6-12(10-16-14)17-15(19)11-4-7-13(20-3)8-5-11/h4-10H,1-3H3,(H,17,19). The van der Waals surface area contributed by atoms with E-state index in [0.29, 0.717) is 11.3 Å². The van der Waals surface area contributed by atoms with Gasteiger partial charge in [0.1, 0.15) is 5.82 Å². The van der Waals surface area contributed by atoms with Gasteiger partial charge in [-0.2, -0.15) is 0 Å². The third-order valence-corrected chi connectivity index (χ3v) is 3.56. The van der Waals surface area contributed by atoms with Gasteiger partial charge in [-0.1, -0.05) is 0 Å². The monoisotopic (exact) mass is 287 g/mol. The number of anilines is 2. The van der Waals surface area contributed by atoms with Crippen molar-refractivity contribution < 1.29 is 4.79 Å². The fourth-order valence-electron chi connectivity index (χ4n) is 1.67. The first-order chi connectivity index (χ1) is 9.60. The van der Waals surface area contributed by atoms with E-state index in [4.69, 9.17) is 0 Å². The molecule has 20 heavy (non-hydrogen) atoms. The Morgan fingerprint density at radius 1 is 1.15 bits per heavy atom. The summed E-state index contributed by atoms with van der Waals surface area (Å²) in [5.41, 5.74) is 1.33. The predicted molar refractivity (Wildman–Crippen MR) is 84.7 cm³/mol. The summed E-state index contributed by atoms with van der Waals surface area (Å²) >= 11 is 1.65. The topological polar surface area (TPSA) is 45.2 Å². The molecule has 4 nitrogen and oxygen atoms in total. The van der Waals surface area contributed by atoms with Crippen molar-refractivity contribution in [2.24, 2.45) is 0 Å². The lowest BCUT2D eigenvalue weighted by Gasteiger charge is -2.11. The van der Waals surface area contributed by atoms with Crippen LogP contribution in [0, 0.1) is 0 Å². The fourth-order valence-corrected chi connectivity index (χ4v) is 2.08. The van der Waals surface area contributed by atoms with Crippen molar-refractivity contribution in [2.45, 2.75) is 4.90 Å². The Morgan fingerprint density at radius 3 is 2.35 bits per heavy atom. The SMILES string of the molecule is CSc1ccc(C(=O)Nc2ccc(N(C)C)nc2)cc1. The van der Waals surface area contributed by atoms with Gasteiger partial charge in [-0.3, -0.25) is 4.79 Å². The molecule has 1 heterocycles. The van der Waals surface area contributed by atoms with Crippen molar-refractivity contribution in [1.82, 2.24) is 4.98 Å². The average molecular weight is 287 g/mol. The van der Waals surface area contributed by atoms with Crippen LogP contribution in [0.5, 0.6) is 0 Å². The lowest BCUT2D eigenvalue weighted by Crippen LogP contribution is -2.13. The lowest BCUT2D eigenvalue weighted by atomic mass is 10.2. The van der Waals surface area contributed by atoms with E-state index in [-0.39, 0.29) is 5.91 Å². The third kappa shape index (κ3) is 3.51. The molecule has 2 rings (SSSR count). The molecule has 0 aliphatic heterocycles. The second kappa shape index (κ2) is 6.43. The summed E-state index contributed by atoms with van der Waals surface area (Å²) in [6, 6.07) is 11.2. The van der Waals surface area contributed by atoms with Crippen LogP contribution in [0.15, 0.2) is 47.5 Å². The third-order valence-electron chi connectivity index (χ3n) is 2.82. The number of hydrogen-bond donors (Lipinski definition) is 1. The molecule has 0 atom stereocenters. The van der Waals surface area contributed by atoms with E-state index in [1.54, 1.807) is 18.0 Å². The zero-order valence-corrected chi connectivity index (χ0v) is 12.6. The van der Waals surface area contributed by atoms with Crippen molar-refractivity contribution in [3.63, 3.8) is 0 Å². The van der Waals surface area contributed by atoms with Crippen LogP contribution in [0.1, 0.15) is 10.4 Å². The molecule has 0 aliphatic rings. The Morgan fingerprint density at radius 2 is 1.85 bits per heavy atom. The number of benzene rings is 1. The van der Waals surface area contributed by atoms with E-state index in [9.17, 15) is 4.79 Å². The minimum absolute atomic E-state index is 0.128. The Kier molecular flexibility index (Phi) is 4.63. The average Bonchev–Trinajstić information content (AvgIpc) is 2.48. The molecular formula is C15H17N3OS. The van der Waals surface area contributed by atoms with Crippen molar-refractivity contribution >= 4 is 29.2 Å². The molecule has 5 heteroatoms. The minimum atomic E-state index is -0.128. The van der Waals surface area contributed by atoms with Crippen LogP contribution in [0.4, 0.5) is 11.5 Å². The summed E-state index contributed by atoms with van der Waals surface area (Å²) in [6.07, 6.45) is 3.66. The quantitative estimate of drug-likeness (QED) is 0.878. The number of thioether (sulfide) groups is 1. The molecule has 104 valence electrons. The Bertz CT molecular complexity index is 579. The molecule has 0 fully saturated rings. The van der Waals surface area contributed by atoms with E-state index in [2.05, 4.69) is 10.3 Å². The zero-order valence-electron chi connectivity index (χ0n) is 11.8. The second-order valence-corrected chi connectivity index (χ2v) is 5.36. The maximum atomic E-state index is 12.1. The van der Waals surface area contributed by atoms with Crippen LogP contribution < -0.4 is 10.2 Å². The zero-order chi connectivity index (χ0) is 14.5. The highest BCUT2D eigenvalue weighted by Gasteiger charge is 2.06. The summed E-state index contributed by atoms with van der Waals surface area (Å²) in [5.74, 6) is 0.726. The molecule has 2 aromatic rings. The second-order valence-electron chi connectivity index (χ2n) is 4.48. The summed E-state index contributed by atoms with van der Waals surface area (Å²) in [7, 11) is 3.85. The molecule has 1 N–H and O–H groups in total. The predicted octanol–water partition coefficient (Wildman–Crippen LogP) is 3.12. The van der Waals surface area contributed by atoms with Crippen LogP contribution in [-0.4, -0.2) is 31.2 Å². The Balaban J connectivity index is 2.06. The minimum Gasteiger partial charge on any atom is -0.363 e. The van der Waals surface area contributed by atoms with Gasteiger partial charge in [0.15, 0.2) is 0 Å². The van der Waals surface area contributed by atoms with Crippen LogP contribution in [0.2, 0.25) is 0 Å². The molecule has 0 saturated heterocycles. The molecule has 0 unspecified atom stereocenters. The number of nitrogens with zero attached hydrogens (tertiary/aromatic N) is 2. The van der Waals surface area contributed by atoms with E-state index < -0.39 is 0 Å². The number of amides is 1. The first-order valence-electron chi connectivity index (χ1n) is 6.19. The van der Waals surface area contributed by atoms with Gasteiger partial charge >= 0.3 is 0 Å². The van der Waals surface area contributed by atoms with Crippen molar-refractivity contribution in [3.8, 4) is 0 Å². The number of carbonyl (C=O) groups is 1. The van der Waals surface area contributed by atoms with Crippen molar-refractivity contribution in [1.29, 1.82) is 0 Å². The van der Waals surface area contributed by atoms with E-state index in [1.807, 2.05) is 61.6 Å². The number of nitrogens with one attached hydrogen (secondary N) is 1. The molecule has 0 aliphatic carbocycles. The number of rotatable bonds is 4.